The van der Waals surface area contributed by atoms with E-state index in [-0.39, 0.29) is 0 Å². The summed E-state index contributed by atoms with van der Waals surface area (Å²) in [6.45, 7) is 8.34. The molecule has 0 aliphatic heterocycles. The van der Waals surface area contributed by atoms with Gasteiger partial charge in [0, 0.05) is 20.9 Å². The first-order chi connectivity index (χ1) is 9.47. The Hall–Kier alpha value is -0.983. The maximum absolute atomic E-state index is 5.80. The van der Waals surface area contributed by atoms with E-state index in [0.717, 1.165) is 28.8 Å². The number of ether oxygens (including phenoxy) is 1. The molecular weight excluding hydrogens is 334 g/mol. The second kappa shape index (κ2) is 6.65. The molecule has 0 bridgehead atoms. The van der Waals surface area contributed by atoms with Gasteiger partial charge in [0.15, 0.2) is 4.73 Å². The molecule has 0 spiro atoms. The van der Waals surface area contributed by atoms with Gasteiger partial charge in [0.25, 0.3) is 0 Å². The fraction of sp³-hybridized carbons (Fsp3) is 0.429. The summed E-state index contributed by atoms with van der Waals surface area (Å²) in [5.74, 6) is 0. The van der Waals surface area contributed by atoms with Gasteiger partial charge in [-0.2, -0.15) is 0 Å². The van der Waals surface area contributed by atoms with E-state index in [2.05, 4.69) is 45.5 Å². The van der Waals surface area contributed by atoms with Crippen LogP contribution in [0, 0.1) is 0 Å². The molecule has 0 amide bonds. The molecule has 0 saturated heterocycles. The molecule has 108 valence electrons. The van der Waals surface area contributed by atoms with Crippen molar-refractivity contribution in [1.29, 1.82) is 0 Å². The van der Waals surface area contributed by atoms with E-state index in [9.17, 15) is 0 Å². The standard InChI is InChI=1S/C14H20BrN3OSi/c1-20(2,3)9-8-19-11-18-13(10-17-14(18)15)12-6-4-5-7-16-12/h4-7,10H,8-9,11H2,1-3H3. The Kier molecular flexibility index (Phi) is 5.12. The average molecular weight is 354 g/mol. The Morgan fingerprint density at radius 3 is 2.70 bits per heavy atom. The van der Waals surface area contributed by atoms with Crippen LogP contribution in [0.2, 0.25) is 25.7 Å². The molecule has 0 fully saturated rings. The van der Waals surface area contributed by atoms with E-state index < -0.39 is 8.07 Å². The second-order valence-corrected chi connectivity index (χ2v) is 12.2. The molecule has 0 N–H and O–H groups in total. The van der Waals surface area contributed by atoms with Crippen molar-refractivity contribution in [2.75, 3.05) is 6.61 Å². The summed E-state index contributed by atoms with van der Waals surface area (Å²) in [7, 11) is -1.04. The van der Waals surface area contributed by atoms with Crippen LogP contribution in [0.15, 0.2) is 35.3 Å². The highest BCUT2D eigenvalue weighted by Gasteiger charge is 2.14. The van der Waals surface area contributed by atoms with Crippen molar-refractivity contribution in [1.82, 2.24) is 14.5 Å². The maximum Gasteiger partial charge on any atom is 0.179 e. The van der Waals surface area contributed by atoms with Crippen molar-refractivity contribution in [2.24, 2.45) is 0 Å². The first-order valence-electron chi connectivity index (χ1n) is 6.67. The Labute approximate surface area is 129 Å². The summed E-state index contributed by atoms with van der Waals surface area (Å²) in [5.41, 5.74) is 1.87. The predicted octanol–water partition coefficient (Wildman–Crippen LogP) is 4.02. The first kappa shape index (κ1) is 15.4. The first-order valence-corrected chi connectivity index (χ1v) is 11.2. The topological polar surface area (TPSA) is 39.9 Å². The van der Waals surface area contributed by atoms with E-state index in [4.69, 9.17) is 4.74 Å². The molecule has 20 heavy (non-hydrogen) atoms. The van der Waals surface area contributed by atoms with Crippen molar-refractivity contribution in [2.45, 2.75) is 32.4 Å². The third-order valence-electron chi connectivity index (χ3n) is 2.95. The third kappa shape index (κ3) is 4.26. The number of pyridine rings is 1. The largest absolute Gasteiger partial charge is 0.361 e. The molecule has 2 aromatic rings. The minimum Gasteiger partial charge on any atom is -0.361 e. The van der Waals surface area contributed by atoms with Crippen LogP contribution in [0.5, 0.6) is 0 Å². The van der Waals surface area contributed by atoms with Crippen LogP contribution in [0.4, 0.5) is 0 Å². The number of aromatic nitrogens is 3. The van der Waals surface area contributed by atoms with Crippen LogP contribution >= 0.6 is 15.9 Å². The van der Waals surface area contributed by atoms with Crippen molar-refractivity contribution in [3.05, 3.63) is 35.3 Å². The van der Waals surface area contributed by atoms with Crippen LogP contribution in [-0.4, -0.2) is 29.2 Å². The molecule has 0 atom stereocenters. The van der Waals surface area contributed by atoms with Crippen LogP contribution in [0.3, 0.4) is 0 Å². The molecule has 0 radical (unpaired) electrons. The lowest BCUT2D eigenvalue weighted by Gasteiger charge is -2.16. The van der Waals surface area contributed by atoms with Crippen molar-refractivity contribution >= 4 is 24.0 Å². The molecule has 4 nitrogen and oxygen atoms in total. The van der Waals surface area contributed by atoms with Crippen LogP contribution in [0.1, 0.15) is 0 Å². The molecule has 2 heterocycles. The second-order valence-electron chi connectivity index (χ2n) is 5.90. The average Bonchev–Trinajstić information content (AvgIpc) is 2.76. The quantitative estimate of drug-likeness (QED) is 0.581. The van der Waals surface area contributed by atoms with E-state index >= 15 is 0 Å². The van der Waals surface area contributed by atoms with E-state index in [1.54, 1.807) is 6.20 Å². The predicted molar refractivity (Wildman–Crippen MR) is 87.3 cm³/mol. The Bertz CT molecular complexity index is 551. The minimum absolute atomic E-state index is 0.497. The number of nitrogens with zero attached hydrogens (tertiary/aromatic N) is 3. The highest BCUT2D eigenvalue weighted by Crippen LogP contribution is 2.21. The number of hydrogen-bond donors (Lipinski definition) is 0. The van der Waals surface area contributed by atoms with E-state index in [1.807, 2.05) is 29.0 Å². The third-order valence-corrected chi connectivity index (χ3v) is 5.29. The van der Waals surface area contributed by atoms with Gasteiger partial charge in [-0.05, 0) is 34.1 Å². The van der Waals surface area contributed by atoms with E-state index in [0.29, 0.717) is 6.73 Å². The highest BCUT2D eigenvalue weighted by atomic mass is 79.9. The Morgan fingerprint density at radius 2 is 2.05 bits per heavy atom. The molecule has 0 aliphatic rings. The molecule has 0 aromatic carbocycles. The highest BCUT2D eigenvalue weighted by molar-refractivity contribution is 9.10. The van der Waals surface area contributed by atoms with Gasteiger partial charge < -0.3 is 4.74 Å². The summed E-state index contributed by atoms with van der Waals surface area (Å²) >= 11 is 3.46. The monoisotopic (exact) mass is 353 g/mol. The molecule has 6 heteroatoms. The van der Waals surface area contributed by atoms with Gasteiger partial charge in [0.2, 0.25) is 0 Å². The zero-order valence-electron chi connectivity index (χ0n) is 12.1. The molecule has 0 aliphatic carbocycles. The lowest BCUT2D eigenvalue weighted by atomic mass is 10.3. The summed E-state index contributed by atoms with van der Waals surface area (Å²) in [5, 5.41) is 0. The Balaban J connectivity index is 2.03. The summed E-state index contributed by atoms with van der Waals surface area (Å²) < 4.78 is 8.56. The maximum atomic E-state index is 5.80. The lowest BCUT2D eigenvalue weighted by molar-refractivity contribution is 0.0866. The van der Waals surface area contributed by atoms with Gasteiger partial charge in [-0.25, -0.2) is 4.98 Å². The van der Waals surface area contributed by atoms with Gasteiger partial charge in [-0.15, -0.1) is 0 Å². The number of imidazole rings is 1. The van der Waals surface area contributed by atoms with Crippen LogP contribution in [0.25, 0.3) is 11.4 Å². The molecule has 2 rings (SSSR count). The van der Waals surface area contributed by atoms with Gasteiger partial charge in [0.1, 0.15) is 6.73 Å². The van der Waals surface area contributed by atoms with Crippen molar-refractivity contribution in [3.8, 4) is 11.4 Å². The summed E-state index contributed by atoms with van der Waals surface area (Å²) in [4.78, 5) is 8.65. The van der Waals surface area contributed by atoms with Crippen LogP contribution < -0.4 is 0 Å². The van der Waals surface area contributed by atoms with Crippen LogP contribution in [-0.2, 0) is 11.5 Å². The molecule has 0 unspecified atom stereocenters. The Morgan fingerprint density at radius 1 is 1.25 bits per heavy atom. The smallest absolute Gasteiger partial charge is 0.179 e. The lowest BCUT2D eigenvalue weighted by Crippen LogP contribution is -2.22. The molecule has 2 aromatic heterocycles. The fourth-order valence-corrected chi connectivity index (χ4v) is 2.88. The fourth-order valence-electron chi connectivity index (χ4n) is 1.73. The van der Waals surface area contributed by atoms with E-state index in [1.165, 1.54) is 0 Å². The number of rotatable bonds is 6. The summed E-state index contributed by atoms with van der Waals surface area (Å²) in [6.07, 6.45) is 3.60. The van der Waals surface area contributed by atoms with Gasteiger partial charge in [0.05, 0.1) is 17.6 Å². The van der Waals surface area contributed by atoms with Gasteiger partial charge in [-0.3, -0.25) is 9.55 Å². The normalized spacial score (nSPS) is 11.8. The van der Waals surface area contributed by atoms with Crippen molar-refractivity contribution < 1.29 is 4.74 Å². The molecular formula is C14H20BrN3OSi. The minimum atomic E-state index is -1.04. The zero-order valence-corrected chi connectivity index (χ0v) is 14.7. The number of halogens is 1. The van der Waals surface area contributed by atoms with Gasteiger partial charge >= 0.3 is 0 Å². The number of hydrogen-bond acceptors (Lipinski definition) is 3. The van der Waals surface area contributed by atoms with Crippen molar-refractivity contribution in [3.63, 3.8) is 0 Å². The summed E-state index contributed by atoms with van der Waals surface area (Å²) in [6, 6.07) is 7.02. The zero-order chi connectivity index (χ0) is 14.6. The molecule has 0 saturated carbocycles. The van der Waals surface area contributed by atoms with Gasteiger partial charge in [-0.1, -0.05) is 25.7 Å². The SMILES string of the molecule is C[Si](C)(C)CCOCn1c(-c2ccccn2)cnc1Br.